The van der Waals surface area contributed by atoms with Gasteiger partial charge in [-0.1, -0.05) is 0 Å². The topological polar surface area (TPSA) is 29.1 Å². The lowest BCUT2D eigenvalue weighted by Crippen LogP contribution is -2.25. The molecule has 0 saturated carbocycles. The summed E-state index contributed by atoms with van der Waals surface area (Å²) in [6, 6.07) is 0. The molecule has 1 aliphatic rings. The van der Waals surface area contributed by atoms with Crippen LogP contribution >= 0.6 is 7.80 Å². The third-order valence-corrected chi connectivity index (χ3v) is 2.52. The molecule has 0 aromatic rings. The molecular formula is C4H9NOP. The maximum absolute atomic E-state index is 10.6. The lowest BCUT2D eigenvalue weighted by atomic mass is 10.6. The summed E-state index contributed by atoms with van der Waals surface area (Å²) in [6.45, 7) is 1.91. The minimum atomic E-state index is -0.804. The van der Waals surface area contributed by atoms with E-state index in [1.807, 2.05) is 0 Å². The first-order valence-corrected chi connectivity index (χ1v) is 4.15. The van der Waals surface area contributed by atoms with E-state index in [9.17, 15) is 4.57 Å². The highest BCUT2D eigenvalue weighted by Crippen LogP contribution is 2.19. The molecule has 0 aromatic carbocycles. The zero-order valence-electron chi connectivity index (χ0n) is 4.18. The van der Waals surface area contributed by atoms with Crippen molar-refractivity contribution in [3.05, 3.63) is 0 Å². The first-order valence-electron chi connectivity index (χ1n) is 2.52. The number of hydrogen-bond acceptors (Lipinski definition) is 2. The fourth-order valence-electron chi connectivity index (χ4n) is 0.644. The molecule has 1 heterocycles. The van der Waals surface area contributed by atoms with Gasteiger partial charge in [0.15, 0.2) is 0 Å². The SMILES string of the molecule is O=[P]1CCNCC1. The molecule has 0 atom stereocenters. The Labute approximate surface area is 44.1 Å². The van der Waals surface area contributed by atoms with Crippen LogP contribution in [0.25, 0.3) is 0 Å². The fraction of sp³-hybridized carbons (Fsp3) is 1.00. The molecule has 0 unspecified atom stereocenters. The summed E-state index contributed by atoms with van der Waals surface area (Å²) in [5.41, 5.74) is 0. The van der Waals surface area contributed by atoms with Crippen molar-refractivity contribution in [1.82, 2.24) is 5.32 Å². The monoisotopic (exact) mass is 118 g/mol. The number of rotatable bonds is 0. The van der Waals surface area contributed by atoms with Gasteiger partial charge in [0.25, 0.3) is 0 Å². The molecule has 0 aliphatic carbocycles. The van der Waals surface area contributed by atoms with Gasteiger partial charge in [-0.25, -0.2) is 0 Å². The van der Waals surface area contributed by atoms with E-state index in [1.54, 1.807) is 0 Å². The molecular weight excluding hydrogens is 109 g/mol. The highest BCUT2D eigenvalue weighted by Gasteiger charge is 2.03. The Balaban J connectivity index is 2.25. The largest absolute Gasteiger partial charge is 0.315 e. The standard InChI is InChI=1S/C4H9NOP/c6-7-3-1-5-2-4-7/h5H,1-4H2. The van der Waals surface area contributed by atoms with Crippen LogP contribution in [-0.4, -0.2) is 25.4 Å². The molecule has 3 heteroatoms. The average Bonchev–Trinajstić information content (AvgIpc) is 1.69. The molecule has 7 heavy (non-hydrogen) atoms. The van der Waals surface area contributed by atoms with E-state index < -0.39 is 7.80 Å². The summed E-state index contributed by atoms with van der Waals surface area (Å²) in [7, 11) is -0.804. The number of hydrogen-bond donors (Lipinski definition) is 1. The summed E-state index contributed by atoms with van der Waals surface area (Å²) in [4.78, 5) is 0. The highest BCUT2D eigenvalue weighted by atomic mass is 31.1. The van der Waals surface area contributed by atoms with E-state index in [4.69, 9.17) is 0 Å². The van der Waals surface area contributed by atoms with Crippen molar-refractivity contribution in [3.63, 3.8) is 0 Å². The second-order valence-electron chi connectivity index (χ2n) is 1.68. The van der Waals surface area contributed by atoms with Gasteiger partial charge in [0.05, 0.1) is 7.80 Å². The summed E-state index contributed by atoms with van der Waals surface area (Å²) < 4.78 is 10.6. The maximum atomic E-state index is 10.6. The van der Waals surface area contributed by atoms with Gasteiger partial charge in [0, 0.05) is 25.4 Å². The third kappa shape index (κ3) is 1.54. The molecule has 41 valence electrons. The van der Waals surface area contributed by atoms with E-state index >= 15 is 0 Å². The van der Waals surface area contributed by atoms with Crippen molar-refractivity contribution >= 4 is 7.80 Å². The molecule has 1 fully saturated rings. The molecule has 0 amide bonds. The van der Waals surface area contributed by atoms with Crippen LogP contribution in [0.3, 0.4) is 0 Å². The van der Waals surface area contributed by atoms with Crippen molar-refractivity contribution in [2.24, 2.45) is 0 Å². The summed E-state index contributed by atoms with van der Waals surface area (Å²) in [5.74, 6) is 0. The molecule has 1 saturated heterocycles. The normalized spacial score (nSPS) is 22.6. The zero-order chi connectivity index (χ0) is 5.11. The second kappa shape index (κ2) is 2.39. The Bertz CT molecular complexity index is 75.8. The van der Waals surface area contributed by atoms with Crippen LogP contribution < -0.4 is 5.32 Å². The summed E-state index contributed by atoms with van der Waals surface area (Å²) in [5, 5.41) is 3.13. The van der Waals surface area contributed by atoms with Gasteiger partial charge in [0.1, 0.15) is 0 Å². The van der Waals surface area contributed by atoms with Crippen LogP contribution in [0.5, 0.6) is 0 Å². The van der Waals surface area contributed by atoms with Gasteiger partial charge >= 0.3 is 0 Å². The van der Waals surface area contributed by atoms with E-state index in [1.165, 1.54) is 0 Å². The predicted octanol–water partition coefficient (Wildman–Crippen LogP) is 0.417. The Morgan fingerprint density at radius 2 is 1.86 bits per heavy atom. The fourth-order valence-corrected chi connectivity index (χ4v) is 1.68. The van der Waals surface area contributed by atoms with Gasteiger partial charge in [-0.3, -0.25) is 4.57 Å². The van der Waals surface area contributed by atoms with Crippen LogP contribution in [-0.2, 0) is 4.57 Å². The Morgan fingerprint density at radius 3 is 2.14 bits per heavy atom. The average molecular weight is 118 g/mol. The van der Waals surface area contributed by atoms with Gasteiger partial charge in [-0.2, -0.15) is 0 Å². The quantitative estimate of drug-likeness (QED) is 0.467. The van der Waals surface area contributed by atoms with Gasteiger partial charge < -0.3 is 5.32 Å². The minimum Gasteiger partial charge on any atom is -0.315 e. The van der Waals surface area contributed by atoms with Crippen LogP contribution in [0.2, 0.25) is 0 Å². The van der Waals surface area contributed by atoms with Gasteiger partial charge in [-0.05, 0) is 0 Å². The minimum absolute atomic E-state index is 0.804. The predicted molar refractivity (Wildman–Crippen MR) is 30.2 cm³/mol. The molecule has 1 aliphatic heterocycles. The van der Waals surface area contributed by atoms with E-state index in [0.29, 0.717) is 0 Å². The van der Waals surface area contributed by atoms with Gasteiger partial charge in [0.2, 0.25) is 0 Å². The molecule has 1 rings (SSSR count). The van der Waals surface area contributed by atoms with E-state index in [-0.39, 0.29) is 0 Å². The second-order valence-corrected chi connectivity index (χ2v) is 3.54. The van der Waals surface area contributed by atoms with Crippen molar-refractivity contribution in [1.29, 1.82) is 0 Å². The Kier molecular flexibility index (Phi) is 1.77. The smallest absolute Gasteiger partial charge is 0.0744 e. The van der Waals surface area contributed by atoms with Crippen molar-refractivity contribution in [2.75, 3.05) is 25.4 Å². The van der Waals surface area contributed by atoms with E-state index in [2.05, 4.69) is 5.32 Å². The van der Waals surface area contributed by atoms with Gasteiger partial charge in [-0.15, -0.1) is 0 Å². The van der Waals surface area contributed by atoms with Crippen LogP contribution in [0.1, 0.15) is 0 Å². The number of nitrogens with one attached hydrogen (secondary N) is 1. The van der Waals surface area contributed by atoms with E-state index in [0.717, 1.165) is 25.4 Å². The lowest BCUT2D eigenvalue weighted by molar-refractivity contribution is 0.576. The van der Waals surface area contributed by atoms with Crippen LogP contribution in [0.15, 0.2) is 0 Å². The molecule has 1 N–H and O–H groups in total. The van der Waals surface area contributed by atoms with Crippen molar-refractivity contribution in [2.45, 2.75) is 0 Å². The zero-order valence-corrected chi connectivity index (χ0v) is 5.08. The molecule has 2 nitrogen and oxygen atoms in total. The van der Waals surface area contributed by atoms with Crippen LogP contribution in [0, 0.1) is 0 Å². The highest BCUT2D eigenvalue weighted by molar-refractivity contribution is 7.44. The Morgan fingerprint density at radius 1 is 1.29 bits per heavy atom. The lowest BCUT2D eigenvalue weighted by Gasteiger charge is -2.08. The Hall–Kier alpha value is 0.0600. The summed E-state index contributed by atoms with van der Waals surface area (Å²) in [6.07, 6.45) is 1.77. The molecule has 1 radical (unpaired) electrons. The molecule has 0 bridgehead atoms. The maximum Gasteiger partial charge on any atom is 0.0744 e. The van der Waals surface area contributed by atoms with Crippen LogP contribution in [0.4, 0.5) is 0 Å². The molecule has 0 aromatic heterocycles. The first-order chi connectivity index (χ1) is 3.39. The molecule has 0 spiro atoms. The first kappa shape index (κ1) is 5.20. The van der Waals surface area contributed by atoms with Crippen molar-refractivity contribution in [3.8, 4) is 0 Å². The third-order valence-electron chi connectivity index (χ3n) is 1.08. The summed E-state index contributed by atoms with van der Waals surface area (Å²) >= 11 is 0. The van der Waals surface area contributed by atoms with Crippen molar-refractivity contribution < 1.29 is 4.57 Å².